The van der Waals surface area contributed by atoms with Crippen LogP contribution in [0.2, 0.25) is 0 Å². The highest BCUT2D eigenvalue weighted by atomic mass is 32.2. The van der Waals surface area contributed by atoms with Crippen LogP contribution in [-0.4, -0.2) is 37.8 Å². The molecule has 0 radical (unpaired) electrons. The van der Waals surface area contributed by atoms with Crippen molar-refractivity contribution in [2.75, 3.05) is 13.1 Å². The van der Waals surface area contributed by atoms with Gasteiger partial charge in [-0.2, -0.15) is 4.31 Å². The van der Waals surface area contributed by atoms with Crippen LogP contribution in [0.25, 0.3) is 0 Å². The SMILES string of the molecule is C[C@@H]1CCCC[C@@H]1NC(=O)c1cccc(S(=O)(=O)N2CCCCC2)c1. The zero-order chi connectivity index (χ0) is 17.9. The van der Waals surface area contributed by atoms with Crippen molar-refractivity contribution < 1.29 is 13.2 Å². The van der Waals surface area contributed by atoms with Crippen LogP contribution in [0.4, 0.5) is 0 Å². The van der Waals surface area contributed by atoms with Gasteiger partial charge in [-0.25, -0.2) is 8.42 Å². The molecule has 0 bridgehead atoms. The van der Waals surface area contributed by atoms with Crippen LogP contribution in [-0.2, 0) is 10.0 Å². The van der Waals surface area contributed by atoms with Crippen LogP contribution in [0.3, 0.4) is 0 Å². The van der Waals surface area contributed by atoms with Crippen LogP contribution in [0.5, 0.6) is 0 Å². The molecule has 25 heavy (non-hydrogen) atoms. The second-order valence-corrected chi connectivity index (χ2v) is 9.27. The summed E-state index contributed by atoms with van der Waals surface area (Å²) in [5.74, 6) is 0.299. The quantitative estimate of drug-likeness (QED) is 0.892. The molecule has 1 aliphatic carbocycles. The van der Waals surface area contributed by atoms with Gasteiger partial charge in [-0.15, -0.1) is 0 Å². The molecule has 1 heterocycles. The zero-order valence-corrected chi connectivity index (χ0v) is 15.7. The number of hydrogen-bond donors (Lipinski definition) is 1. The van der Waals surface area contributed by atoms with E-state index in [4.69, 9.17) is 0 Å². The molecule has 6 heteroatoms. The molecular weight excluding hydrogens is 336 g/mol. The van der Waals surface area contributed by atoms with E-state index in [1.807, 2.05) is 0 Å². The van der Waals surface area contributed by atoms with E-state index < -0.39 is 10.0 Å². The Labute approximate surface area is 150 Å². The van der Waals surface area contributed by atoms with Gasteiger partial charge in [0.05, 0.1) is 4.90 Å². The van der Waals surface area contributed by atoms with Gasteiger partial charge < -0.3 is 5.32 Å². The van der Waals surface area contributed by atoms with Crippen LogP contribution < -0.4 is 5.32 Å². The van der Waals surface area contributed by atoms with E-state index in [9.17, 15) is 13.2 Å². The third-order valence-corrected chi connectivity index (χ3v) is 7.37. The van der Waals surface area contributed by atoms with E-state index >= 15 is 0 Å². The first-order valence-corrected chi connectivity index (χ1v) is 10.8. The number of amides is 1. The number of hydrogen-bond acceptors (Lipinski definition) is 3. The highest BCUT2D eigenvalue weighted by Gasteiger charge is 2.27. The van der Waals surface area contributed by atoms with Gasteiger partial charge in [0.25, 0.3) is 5.91 Å². The predicted molar refractivity (Wildman–Crippen MR) is 97.9 cm³/mol. The number of piperidine rings is 1. The van der Waals surface area contributed by atoms with Crippen molar-refractivity contribution in [3.63, 3.8) is 0 Å². The van der Waals surface area contributed by atoms with Gasteiger partial charge in [-0.3, -0.25) is 4.79 Å². The fourth-order valence-corrected chi connectivity index (χ4v) is 5.40. The second-order valence-electron chi connectivity index (χ2n) is 7.33. The van der Waals surface area contributed by atoms with Crippen LogP contribution in [0, 0.1) is 5.92 Å². The minimum atomic E-state index is -3.51. The van der Waals surface area contributed by atoms with Crippen molar-refractivity contribution in [2.24, 2.45) is 5.92 Å². The first kappa shape index (κ1) is 18.4. The molecule has 1 aromatic carbocycles. The van der Waals surface area contributed by atoms with Crippen molar-refractivity contribution in [3.05, 3.63) is 29.8 Å². The van der Waals surface area contributed by atoms with E-state index in [1.165, 1.54) is 16.8 Å². The van der Waals surface area contributed by atoms with E-state index in [1.54, 1.807) is 18.2 Å². The summed E-state index contributed by atoms with van der Waals surface area (Å²) in [7, 11) is -3.51. The fourth-order valence-electron chi connectivity index (χ4n) is 3.83. The molecule has 5 nitrogen and oxygen atoms in total. The highest BCUT2D eigenvalue weighted by Crippen LogP contribution is 2.25. The standard InChI is InChI=1S/C19H28N2O3S/c1-15-8-3-4-11-18(15)20-19(22)16-9-7-10-17(14-16)25(23,24)21-12-5-2-6-13-21/h7,9-10,14-15,18H,2-6,8,11-13H2,1H3,(H,20,22)/t15-,18+/m1/s1. The van der Waals surface area contributed by atoms with Crippen LogP contribution >= 0.6 is 0 Å². The average Bonchev–Trinajstić information content (AvgIpc) is 2.64. The van der Waals surface area contributed by atoms with E-state index in [0.29, 0.717) is 24.6 Å². The number of sulfonamides is 1. The first-order valence-electron chi connectivity index (χ1n) is 9.39. The molecule has 138 valence electrons. The molecule has 1 saturated carbocycles. The van der Waals surface area contributed by atoms with Crippen molar-refractivity contribution in [2.45, 2.75) is 62.8 Å². The second kappa shape index (κ2) is 7.87. The predicted octanol–water partition coefficient (Wildman–Crippen LogP) is 3.17. The third-order valence-electron chi connectivity index (χ3n) is 5.48. The van der Waals surface area contributed by atoms with Gasteiger partial charge >= 0.3 is 0 Å². The maximum atomic E-state index is 12.8. The zero-order valence-electron chi connectivity index (χ0n) is 14.9. The summed E-state index contributed by atoms with van der Waals surface area (Å²) in [6.45, 7) is 3.30. The molecule has 0 unspecified atom stereocenters. The minimum absolute atomic E-state index is 0.172. The number of rotatable bonds is 4. The number of carbonyl (C=O) groups excluding carboxylic acids is 1. The lowest BCUT2D eigenvalue weighted by Crippen LogP contribution is -2.41. The van der Waals surface area contributed by atoms with Crippen molar-refractivity contribution >= 4 is 15.9 Å². The van der Waals surface area contributed by atoms with Gasteiger partial charge in [-0.1, -0.05) is 32.3 Å². The average molecular weight is 365 g/mol. The van der Waals surface area contributed by atoms with Crippen LogP contribution in [0.1, 0.15) is 62.2 Å². The summed E-state index contributed by atoms with van der Waals surface area (Å²) < 4.78 is 27.1. The lowest BCUT2D eigenvalue weighted by molar-refractivity contribution is 0.0910. The van der Waals surface area contributed by atoms with Gasteiger partial charge in [-0.05, 0) is 49.8 Å². The summed E-state index contributed by atoms with van der Waals surface area (Å²) >= 11 is 0. The largest absolute Gasteiger partial charge is 0.349 e. The summed E-state index contributed by atoms with van der Waals surface area (Å²) in [5.41, 5.74) is 0.427. The lowest BCUT2D eigenvalue weighted by atomic mass is 9.86. The van der Waals surface area contributed by atoms with Gasteiger partial charge in [0, 0.05) is 24.7 Å². The molecular formula is C19H28N2O3S. The topological polar surface area (TPSA) is 66.5 Å². The molecule has 3 rings (SSSR count). The Kier molecular flexibility index (Phi) is 5.79. The lowest BCUT2D eigenvalue weighted by Gasteiger charge is -2.29. The fraction of sp³-hybridized carbons (Fsp3) is 0.632. The molecule has 1 aliphatic heterocycles. The molecule has 0 spiro atoms. The molecule has 2 atom stereocenters. The Hall–Kier alpha value is -1.40. The minimum Gasteiger partial charge on any atom is -0.349 e. The number of nitrogens with zero attached hydrogens (tertiary/aromatic N) is 1. The Bertz CT molecular complexity index is 711. The normalized spacial score (nSPS) is 25.5. The molecule has 1 amide bonds. The number of carbonyl (C=O) groups is 1. The van der Waals surface area contributed by atoms with Crippen molar-refractivity contribution in [1.29, 1.82) is 0 Å². The van der Waals surface area contributed by atoms with E-state index in [2.05, 4.69) is 12.2 Å². The highest BCUT2D eigenvalue weighted by molar-refractivity contribution is 7.89. The monoisotopic (exact) mass is 364 g/mol. The van der Waals surface area contributed by atoms with Gasteiger partial charge in [0.2, 0.25) is 10.0 Å². The summed E-state index contributed by atoms with van der Waals surface area (Å²) in [4.78, 5) is 12.8. The Morgan fingerprint density at radius 1 is 1.08 bits per heavy atom. The molecule has 1 N–H and O–H groups in total. The van der Waals surface area contributed by atoms with E-state index in [0.717, 1.165) is 38.5 Å². The first-order chi connectivity index (χ1) is 12.0. The molecule has 1 aromatic rings. The maximum Gasteiger partial charge on any atom is 0.251 e. The Morgan fingerprint density at radius 2 is 1.80 bits per heavy atom. The molecule has 0 aromatic heterocycles. The molecule has 2 fully saturated rings. The smallest absolute Gasteiger partial charge is 0.251 e. The third kappa shape index (κ3) is 4.23. The molecule has 1 saturated heterocycles. The Balaban J connectivity index is 1.75. The van der Waals surface area contributed by atoms with Crippen LogP contribution in [0.15, 0.2) is 29.2 Å². The molecule has 2 aliphatic rings. The maximum absolute atomic E-state index is 12.8. The van der Waals surface area contributed by atoms with Crippen molar-refractivity contribution in [1.82, 2.24) is 9.62 Å². The van der Waals surface area contributed by atoms with E-state index in [-0.39, 0.29) is 16.8 Å². The Morgan fingerprint density at radius 3 is 2.52 bits per heavy atom. The number of nitrogens with one attached hydrogen (secondary N) is 1. The summed E-state index contributed by atoms with van der Waals surface area (Å²) in [6, 6.07) is 6.65. The van der Waals surface area contributed by atoms with Crippen molar-refractivity contribution in [3.8, 4) is 0 Å². The summed E-state index contributed by atoms with van der Waals surface area (Å²) in [6.07, 6.45) is 7.37. The number of benzene rings is 1. The summed E-state index contributed by atoms with van der Waals surface area (Å²) in [5, 5.41) is 3.10. The van der Waals surface area contributed by atoms with Gasteiger partial charge in [0.1, 0.15) is 0 Å². The van der Waals surface area contributed by atoms with Gasteiger partial charge in [0.15, 0.2) is 0 Å².